The number of carbonyl (C=O) groups is 2. The summed E-state index contributed by atoms with van der Waals surface area (Å²) in [7, 11) is 1.79. The second kappa shape index (κ2) is 10.6. The standard InChI is InChI=1S/C27H27N3O4S/c1-17-14-18(2)28-24(15-17)34-12-11-33-21-9-7-20(8-10-21)29-27(32)26(31)25-22(16-19(3)30(25)4)23-6-5-13-35-23/h5-10,13-16H,11-12H2,1-4H3,(H,29,32). The maximum atomic E-state index is 13.0. The van der Waals surface area contributed by atoms with Crippen molar-refractivity contribution in [2.24, 2.45) is 7.05 Å². The number of pyridine rings is 1. The first-order valence-electron chi connectivity index (χ1n) is 11.2. The minimum absolute atomic E-state index is 0.344. The third kappa shape index (κ3) is 5.78. The molecule has 1 amide bonds. The molecule has 1 aromatic carbocycles. The predicted molar refractivity (Wildman–Crippen MR) is 138 cm³/mol. The zero-order chi connectivity index (χ0) is 24.9. The highest BCUT2D eigenvalue weighted by Gasteiger charge is 2.25. The van der Waals surface area contributed by atoms with Gasteiger partial charge in [-0.2, -0.15) is 0 Å². The highest BCUT2D eigenvalue weighted by atomic mass is 32.1. The van der Waals surface area contributed by atoms with Gasteiger partial charge < -0.3 is 19.4 Å². The van der Waals surface area contributed by atoms with E-state index in [9.17, 15) is 9.59 Å². The summed E-state index contributed by atoms with van der Waals surface area (Å²) >= 11 is 1.53. The van der Waals surface area contributed by atoms with Crippen molar-refractivity contribution >= 4 is 28.7 Å². The van der Waals surface area contributed by atoms with Crippen LogP contribution >= 0.6 is 11.3 Å². The number of nitrogens with zero attached hydrogens (tertiary/aromatic N) is 2. The Labute approximate surface area is 208 Å². The molecule has 0 bridgehead atoms. The number of aryl methyl sites for hydroxylation is 3. The molecule has 0 aliphatic carbocycles. The van der Waals surface area contributed by atoms with Gasteiger partial charge in [0.15, 0.2) is 0 Å². The molecule has 4 aromatic rings. The minimum Gasteiger partial charge on any atom is -0.490 e. The Balaban J connectivity index is 1.33. The molecule has 0 aliphatic heterocycles. The minimum atomic E-state index is -0.688. The van der Waals surface area contributed by atoms with E-state index in [4.69, 9.17) is 9.47 Å². The fourth-order valence-corrected chi connectivity index (χ4v) is 4.48. The van der Waals surface area contributed by atoms with Gasteiger partial charge >= 0.3 is 0 Å². The number of amides is 1. The van der Waals surface area contributed by atoms with E-state index >= 15 is 0 Å². The van der Waals surface area contributed by atoms with Gasteiger partial charge in [-0.1, -0.05) is 6.07 Å². The summed E-state index contributed by atoms with van der Waals surface area (Å²) in [5.41, 5.74) is 4.55. The monoisotopic (exact) mass is 489 g/mol. The zero-order valence-corrected chi connectivity index (χ0v) is 20.9. The molecule has 4 rings (SSSR count). The molecule has 0 radical (unpaired) electrons. The number of hydrogen-bond acceptors (Lipinski definition) is 6. The molecule has 0 spiro atoms. The Bertz CT molecular complexity index is 1320. The van der Waals surface area contributed by atoms with Crippen molar-refractivity contribution < 1.29 is 19.1 Å². The largest absolute Gasteiger partial charge is 0.490 e. The Morgan fingerprint density at radius 1 is 1.00 bits per heavy atom. The fourth-order valence-electron chi connectivity index (χ4n) is 3.74. The third-order valence-corrected chi connectivity index (χ3v) is 6.37. The van der Waals surface area contributed by atoms with Crippen LogP contribution < -0.4 is 14.8 Å². The molecule has 0 fully saturated rings. The van der Waals surface area contributed by atoms with E-state index in [1.165, 1.54) is 11.3 Å². The Morgan fingerprint density at radius 3 is 2.43 bits per heavy atom. The molecule has 3 aromatic heterocycles. The van der Waals surface area contributed by atoms with Crippen molar-refractivity contribution in [3.63, 3.8) is 0 Å². The van der Waals surface area contributed by atoms with E-state index in [0.717, 1.165) is 27.4 Å². The van der Waals surface area contributed by atoms with Crippen molar-refractivity contribution in [1.82, 2.24) is 9.55 Å². The Kier molecular flexibility index (Phi) is 7.31. The number of carbonyl (C=O) groups excluding carboxylic acids is 2. The lowest BCUT2D eigenvalue weighted by Crippen LogP contribution is -2.25. The zero-order valence-electron chi connectivity index (χ0n) is 20.1. The molecule has 0 saturated heterocycles. The smallest absolute Gasteiger partial charge is 0.298 e. The van der Waals surface area contributed by atoms with E-state index in [-0.39, 0.29) is 0 Å². The highest BCUT2D eigenvalue weighted by molar-refractivity contribution is 7.13. The quantitative estimate of drug-likeness (QED) is 0.195. The van der Waals surface area contributed by atoms with Gasteiger partial charge in [0.25, 0.3) is 11.7 Å². The van der Waals surface area contributed by atoms with Gasteiger partial charge in [-0.3, -0.25) is 9.59 Å². The van der Waals surface area contributed by atoms with Gasteiger partial charge in [0.1, 0.15) is 24.7 Å². The van der Waals surface area contributed by atoms with Crippen LogP contribution in [0.25, 0.3) is 10.4 Å². The van der Waals surface area contributed by atoms with Gasteiger partial charge in [0.2, 0.25) is 5.88 Å². The molecule has 7 nitrogen and oxygen atoms in total. The van der Waals surface area contributed by atoms with Gasteiger partial charge in [-0.05, 0) is 74.2 Å². The van der Waals surface area contributed by atoms with Crippen LogP contribution in [0.2, 0.25) is 0 Å². The second-order valence-corrected chi connectivity index (χ2v) is 9.16. The first-order valence-corrected chi connectivity index (χ1v) is 12.1. The molecule has 0 atom stereocenters. The van der Waals surface area contributed by atoms with E-state index in [2.05, 4.69) is 10.3 Å². The number of rotatable bonds is 9. The van der Waals surface area contributed by atoms with E-state index < -0.39 is 11.7 Å². The number of nitrogens with one attached hydrogen (secondary N) is 1. The van der Waals surface area contributed by atoms with Crippen LogP contribution in [0.15, 0.2) is 60.0 Å². The van der Waals surface area contributed by atoms with Gasteiger partial charge in [-0.25, -0.2) is 4.98 Å². The summed E-state index contributed by atoms with van der Waals surface area (Å²) in [6, 6.07) is 16.5. The molecular weight excluding hydrogens is 462 g/mol. The highest BCUT2D eigenvalue weighted by Crippen LogP contribution is 2.31. The van der Waals surface area contributed by atoms with Crippen LogP contribution in [-0.4, -0.2) is 34.5 Å². The first-order chi connectivity index (χ1) is 16.8. The second-order valence-electron chi connectivity index (χ2n) is 8.21. The van der Waals surface area contributed by atoms with Gasteiger partial charge in [0.05, 0.1) is 0 Å². The summed E-state index contributed by atoms with van der Waals surface area (Å²) in [6.45, 7) is 6.53. The number of aromatic nitrogens is 2. The summed E-state index contributed by atoms with van der Waals surface area (Å²) < 4.78 is 13.1. The van der Waals surface area contributed by atoms with E-state index in [0.29, 0.717) is 36.2 Å². The first kappa shape index (κ1) is 24.2. The normalized spacial score (nSPS) is 10.7. The van der Waals surface area contributed by atoms with Crippen LogP contribution in [0.5, 0.6) is 11.6 Å². The third-order valence-electron chi connectivity index (χ3n) is 5.47. The summed E-state index contributed by atoms with van der Waals surface area (Å²) in [6.07, 6.45) is 0. The SMILES string of the molecule is Cc1cc(C)nc(OCCOc2ccc(NC(=O)C(=O)c3c(-c4cccs4)cc(C)n3C)cc2)c1. The molecule has 35 heavy (non-hydrogen) atoms. The van der Waals surface area contributed by atoms with E-state index in [1.807, 2.05) is 56.5 Å². The van der Waals surface area contributed by atoms with Gasteiger partial charge in [-0.15, -0.1) is 11.3 Å². The fraction of sp³-hybridized carbons (Fsp3) is 0.222. The van der Waals surface area contributed by atoms with Crippen molar-refractivity contribution in [3.05, 3.63) is 82.6 Å². The number of ketones is 1. The van der Waals surface area contributed by atoms with Crippen molar-refractivity contribution in [2.45, 2.75) is 20.8 Å². The maximum absolute atomic E-state index is 13.0. The lowest BCUT2D eigenvalue weighted by molar-refractivity contribution is -0.112. The molecule has 0 unspecified atom stereocenters. The molecule has 1 N–H and O–H groups in total. The van der Waals surface area contributed by atoms with Crippen LogP contribution in [0, 0.1) is 20.8 Å². The maximum Gasteiger partial charge on any atom is 0.298 e. The van der Waals surface area contributed by atoms with Crippen LogP contribution in [0.1, 0.15) is 27.4 Å². The number of hydrogen-bond donors (Lipinski definition) is 1. The molecule has 0 saturated carbocycles. The molecular formula is C27H27N3O4S. The molecule has 180 valence electrons. The lowest BCUT2D eigenvalue weighted by atomic mass is 10.1. The lowest BCUT2D eigenvalue weighted by Gasteiger charge is -2.10. The van der Waals surface area contributed by atoms with Crippen LogP contribution in [-0.2, 0) is 11.8 Å². The molecule has 3 heterocycles. The number of benzene rings is 1. The van der Waals surface area contributed by atoms with Crippen molar-refractivity contribution in [3.8, 4) is 22.1 Å². The number of anilines is 1. The summed E-state index contributed by atoms with van der Waals surface area (Å²) in [5, 5.41) is 4.64. The average molecular weight is 490 g/mol. The van der Waals surface area contributed by atoms with Crippen molar-refractivity contribution in [2.75, 3.05) is 18.5 Å². The average Bonchev–Trinajstić information content (AvgIpc) is 3.45. The number of Topliss-reactive ketones (excluding diaryl/α,β-unsaturated/α-hetero) is 1. The Hall–Kier alpha value is -3.91. The molecule has 0 aliphatic rings. The topological polar surface area (TPSA) is 82.5 Å². The van der Waals surface area contributed by atoms with Gasteiger partial charge in [0, 0.05) is 40.6 Å². The molecule has 8 heteroatoms. The Morgan fingerprint density at radius 2 is 1.74 bits per heavy atom. The van der Waals surface area contributed by atoms with Crippen molar-refractivity contribution in [1.29, 1.82) is 0 Å². The summed E-state index contributed by atoms with van der Waals surface area (Å²) in [5.74, 6) is -0.0673. The number of ether oxygens (including phenoxy) is 2. The van der Waals surface area contributed by atoms with Crippen LogP contribution in [0.3, 0.4) is 0 Å². The van der Waals surface area contributed by atoms with E-state index in [1.54, 1.807) is 35.9 Å². The predicted octanol–water partition coefficient (Wildman–Crippen LogP) is 5.35. The summed E-state index contributed by atoms with van der Waals surface area (Å²) in [4.78, 5) is 31.1. The number of thiophene rings is 1. The van der Waals surface area contributed by atoms with Crippen LogP contribution in [0.4, 0.5) is 5.69 Å².